The van der Waals surface area contributed by atoms with Gasteiger partial charge in [0.05, 0.1) is 6.04 Å². The SMILES string of the molecule is CCC(N)C(c1ccccc1F)N(C)C(C)c1cccs1. The summed E-state index contributed by atoms with van der Waals surface area (Å²) in [7, 11) is 2.02. The lowest BCUT2D eigenvalue weighted by Crippen LogP contribution is -2.40. The van der Waals surface area contributed by atoms with Crippen molar-refractivity contribution in [1.82, 2.24) is 4.90 Å². The second-order valence-electron chi connectivity index (χ2n) is 5.40. The molecular weight excluding hydrogens is 283 g/mol. The molecule has 0 bridgehead atoms. The van der Waals surface area contributed by atoms with Gasteiger partial charge in [-0.25, -0.2) is 4.39 Å². The minimum Gasteiger partial charge on any atom is -0.326 e. The van der Waals surface area contributed by atoms with Gasteiger partial charge in [0.25, 0.3) is 0 Å². The first-order valence-electron chi connectivity index (χ1n) is 7.31. The zero-order valence-corrected chi connectivity index (χ0v) is 13.6. The van der Waals surface area contributed by atoms with Crippen LogP contribution in [0.3, 0.4) is 0 Å². The molecule has 21 heavy (non-hydrogen) atoms. The van der Waals surface area contributed by atoms with Crippen LogP contribution in [-0.4, -0.2) is 18.0 Å². The number of benzene rings is 1. The highest BCUT2D eigenvalue weighted by Crippen LogP contribution is 2.34. The van der Waals surface area contributed by atoms with E-state index >= 15 is 0 Å². The Morgan fingerprint density at radius 2 is 1.95 bits per heavy atom. The smallest absolute Gasteiger partial charge is 0.128 e. The number of halogens is 1. The van der Waals surface area contributed by atoms with Gasteiger partial charge in [0.1, 0.15) is 5.82 Å². The lowest BCUT2D eigenvalue weighted by atomic mass is 9.95. The van der Waals surface area contributed by atoms with E-state index in [9.17, 15) is 4.39 Å². The first-order chi connectivity index (χ1) is 10.1. The Balaban J connectivity index is 2.34. The molecule has 0 saturated heterocycles. The molecule has 2 nitrogen and oxygen atoms in total. The van der Waals surface area contributed by atoms with Crippen molar-refractivity contribution in [3.05, 3.63) is 58.0 Å². The molecule has 0 saturated carbocycles. The summed E-state index contributed by atoms with van der Waals surface area (Å²) in [6, 6.07) is 11.1. The molecule has 2 N–H and O–H groups in total. The predicted octanol–water partition coefficient (Wildman–Crippen LogP) is 4.36. The highest BCUT2D eigenvalue weighted by molar-refractivity contribution is 7.10. The summed E-state index contributed by atoms with van der Waals surface area (Å²) in [6.45, 7) is 4.18. The third-order valence-corrected chi connectivity index (χ3v) is 5.15. The average Bonchev–Trinajstić information content (AvgIpc) is 3.02. The van der Waals surface area contributed by atoms with Gasteiger partial charge in [-0.1, -0.05) is 31.2 Å². The summed E-state index contributed by atoms with van der Waals surface area (Å²) < 4.78 is 14.2. The largest absolute Gasteiger partial charge is 0.326 e. The van der Waals surface area contributed by atoms with E-state index in [0.29, 0.717) is 5.56 Å². The van der Waals surface area contributed by atoms with Crippen molar-refractivity contribution < 1.29 is 4.39 Å². The Hall–Kier alpha value is -1.23. The number of nitrogens with two attached hydrogens (primary N) is 1. The number of nitrogens with zero attached hydrogens (tertiary/aromatic N) is 1. The van der Waals surface area contributed by atoms with Crippen LogP contribution in [0.4, 0.5) is 4.39 Å². The van der Waals surface area contributed by atoms with Crippen LogP contribution < -0.4 is 5.73 Å². The van der Waals surface area contributed by atoms with Gasteiger partial charge in [-0.3, -0.25) is 4.90 Å². The van der Waals surface area contributed by atoms with Gasteiger partial charge in [-0.15, -0.1) is 11.3 Å². The van der Waals surface area contributed by atoms with E-state index in [2.05, 4.69) is 23.3 Å². The molecule has 3 unspecified atom stereocenters. The third kappa shape index (κ3) is 3.51. The molecular formula is C17H23FN2S. The van der Waals surface area contributed by atoms with Gasteiger partial charge in [0.15, 0.2) is 0 Å². The number of hydrogen-bond donors (Lipinski definition) is 1. The Kier molecular flexibility index (Phi) is 5.51. The number of rotatable bonds is 6. The van der Waals surface area contributed by atoms with Gasteiger partial charge in [0.2, 0.25) is 0 Å². The van der Waals surface area contributed by atoms with E-state index < -0.39 is 0 Å². The minimum absolute atomic E-state index is 0.102. The van der Waals surface area contributed by atoms with Crippen molar-refractivity contribution in [2.75, 3.05) is 7.05 Å². The lowest BCUT2D eigenvalue weighted by Gasteiger charge is -2.36. The molecule has 0 aliphatic heterocycles. The Morgan fingerprint density at radius 1 is 1.24 bits per heavy atom. The van der Waals surface area contributed by atoms with Crippen LogP contribution in [0, 0.1) is 5.82 Å². The second-order valence-corrected chi connectivity index (χ2v) is 6.37. The van der Waals surface area contributed by atoms with Gasteiger partial charge in [0, 0.05) is 22.5 Å². The minimum atomic E-state index is -0.184. The van der Waals surface area contributed by atoms with Crippen LogP contribution in [-0.2, 0) is 0 Å². The second kappa shape index (κ2) is 7.16. The molecule has 1 aromatic carbocycles. The van der Waals surface area contributed by atoms with Crippen molar-refractivity contribution in [3.63, 3.8) is 0 Å². The highest BCUT2D eigenvalue weighted by Gasteiger charge is 2.29. The van der Waals surface area contributed by atoms with Crippen molar-refractivity contribution >= 4 is 11.3 Å². The fourth-order valence-corrected chi connectivity index (χ4v) is 3.50. The summed E-state index contributed by atoms with van der Waals surface area (Å²) in [5.74, 6) is -0.184. The molecule has 3 atom stereocenters. The van der Waals surface area contributed by atoms with Gasteiger partial charge < -0.3 is 5.73 Å². The molecule has 2 aromatic rings. The monoisotopic (exact) mass is 306 g/mol. The summed E-state index contributed by atoms with van der Waals surface area (Å²) in [5.41, 5.74) is 6.98. The predicted molar refractivity (Wildman–Crippen MR) is 87.9 cm³/mol. The van der Waals surface area contributed by atoms with E-state index in [4.69, 9.17) is 5.73 Å². The molecule has 0 radical (unpaired) electrons. The van der Waals surface area contributed by atoms with Crippen molar-refractivity contribution in [3.8, 4) is 0 Å². The lowest BCUT2D eigenvalue weighted by molar-refractivity contribution is 0.157. The van der Waals surface area contributed by atoms with Crippen molar-refractivity contribution in [1.29, 1.82) is 0 Å². The van der Waals surface area contributed by atoms with Crippen LogP contribution in [0.2, 0.25) is 0 Å². The van der Waals surface area contributed by atoms with E-state index in [0.717, 1.165) is 6.42 Å². The maximum absolute atomic E-state index is 14.2. The molecule has 0 spiro atoms. The first-order valence-corrected chi connectivity index (χ1v) is 8.19. The Labute approximate surface area is 130 Å². The summed E-state index contributed by atoms with van der Waals surface area (Å²) >= 11 is 1.72. The number of thiophene rings is 1. The molecule has 1 heterocycles. The number of likely N-dealkylation sites (N-methyl/N-ethyl adjacent to an activating group) is 1. The molecule has 0 fully saturated rings. The van der Waals surface area contributed by atoms with Crippen LogP contribution in [0.25, 0.3) is 0 Å². The van der Waals surface area contributed by atoms with Crippen LogP contribution in [0.1, 0.15) is 42.8 Å². The quantitative estimate of drug-likeness (QED) is 0.859. The molecule has 0 aliphatic carbocycles. The summed E-state index contributed by atoms with van der Waals surface area (Å²) in [5, 5.41) is 2.07. The molecule has 0 aliphatic rings. The summed E-state index contributed by atoms with van der Waals surface area (Å²) in [6.07, 6.45) is 0.806. The number of hydrogen-bond acceptors (Lipinski definition) is 3. The topological polar surface area (TPSA) is 29.3 Å². The molecule has 114 valence electrons. The molecule has 4 heteroatoms. The zero-order chi connectivity index (χ0) is 15.4. The van der Waals surface area contributed by atoms with E-state index in [1.165, 1.54) is 10.9 Å². The van der Waals surface area contributed by atoms with E-state index in [1.807, 2.05) is 32.2 Å². The highest BCUT2D eigenvalue weighted by atomic mass is 32.1. The zero-order valence-electron chi connectivity index (χ0n) is 12.8. The van der Waals surface area contributed by atoms with E-state index in [-0.39, 0.29) is 23.9 Å². The average molecular weight is 306 g/mol. The maximum atomic E-state index is 14.2. The standard InChI is InChI=1S/C17H23FN2S/c1-4-15(19)17(13-8-5-6-9-14(13)18)20(3)12(2)16-10-7-11-21-16/h5-12,15,17H,4,19H2,1-3H3. The fourth-order valence-electron chi connectivity index (χ4n) is 2.66. The maximum Gasteiger partial charge on any atom is 0.128 e. The third-order valence-electron chi connectivity index (χ3n) is 4.11. The van der Waals surface area contributed by atoms with Crippen molar-refractivity contribution in [2.45, 2.75) is 38.4 Å². The molecule has 0 amide bonds. The van der Waals surface area contributed by atoms with Crippen LogP contribution >= 0.6 is 11.3 Å². The van der Waals surface area contributed by atoms with Crippen LogP contribution in [0.15, 0.2) is 41.8 Å². The molecule has 2 rings (SSSR count). The van der Waals surface area contributed by atoms with Gasteiger partial charge in [-0.05, 0) is 37.9 Å². The fraction of sp³-hybridized carbons (Fsp3) is 0.412. The first kappa shape index (κ1) is 16.1. The molecule has 1 aromatic heterocycles. The normalized spacial score (nSPS) is 15.9. The van der Waals surface area contributed by atoms with E-state index in [1.54, 1.807) is 17.4 Å². The van der Waals surface area contributed by atoms with Crippen molar-refractivity contribution in [2.24, 2.45) is 5.73 Å². The Morgan fingerprint density at radius 3 is 2.52 bits per heavy atom. The van der Waals surface area contributed by atoms with Gasteiger partial charge in [-0.2, -0.15) is 0 Å². The Bertz CT molecular complexity index is 556. The van der Waals surface area contributed by atoms with Crippen LogP contribution in [0.5, 0.6) is 0 Å². The summed E-state index contributed by atoms with van der Waals surface area (Å²) in [4.78, 5) is 3.44. The van der Waals surface area contributed by atoms with Gasteiger partial charge >= 0.3 is 0 Å².